The van der Waals surface area contributed by atoms with Gasteiger partial charge < -0.3 is 5.32 Å². The number of hydrogen-bond acceptors (Lipinski definition) is 3. The second kappa shape index (κ2) is 4.73. The Hall–Kier alpha value is -0.960. The van der Waals surface area contributed by atoms with E-state index in [1.54, 1.807) is 0 Å². The third-order valence-electron chi connectivity index (χ3n) is 3.46. The quantitative estimate of drug-likeness (QED) is 0.849. The van der Waals surface area contributed by atoms with Crippen LogP contribution < -0.4 is 5.32 Å². The minimum absolute atomic E-state index is 0.264. The first-order chi connectivity index (χ1) is 8.01. The summed E-state index contributed by atoms with van der Waals surface area (Å²) in [6.45, 7) is 10.7. The Kier molecular flexibility index (Phi) is 3.48. The van der Waals surface area contributed by atoms with Crippen molar-refractivity contribution in [2.24, 2.45) is 5.92 Å². The molecule has 3 heteroatoms. The lowest BCUT2D eigenvalue weighted by molar-refractivity contribution is 0.544. The van der Waals surface area contributed by atoms with Crippen molar-refractivity contribution in [2.45, 2.75) is 52.5 Å². The van der Waals surface area contributed by atoms with Crippen LogP contribution in [-0.4, -0.2) is 16.5 Å². The molecule has 1 aliphatic carbocycles. The number of aryl methyl sites for hydroxylation is 1. The monoisotopic (exact) mass is 233 g/mol. The summed E-state index contributed by atoms with van der Waals surface area (Å²) in [7, 11) is 0. The van der Waals surface area contributed by atoms with Crippen molar-refractivity contribution < 1.29 is 0 Å². The van der Waals surface area contributed by atoms with E-state index >= 15 is 0 Å². The fourth-order valence-corrected chi connectivity index (χ4v) is 1.84. The molecule has 2 rings (SSSR count). The van der Waals surface area contributed by atoms with Crippen LogP contribution in [0.1, 0.15) is 50.7 Å². The molecule has 0 atom stereocenters. The number of nitrogens with one attached hydrogen (secondary N) is 1. The van der Waals surface area contributed by atoms with Gasteiger partial charge in [0.25, 0.3) is 0 Å². The van der Waals surface area contributed by atoms with Crippen molar-refractivity contribution in [1.82, 2.24) is 15.3 Å². The van der Waals surface area contributed by atoms with Gasteiger partial charge in [0.05, 0.1) is 5.69 Å². The van der Waals surface area contributed by atoms with Crippen molar-refractivity contribution in [2.75, 3.05) is 6.54 Å². The molecule has 0 aromatic carbocycles. The molecule has 1 heterocycles. The summed E-state index contributed by atoms with van der Waals surface area (Å²) in [4.78, 5) is 9.21. The number of nitrogens with zero attached hydrogens (tertiary/aromatic N) is 2. The normalized spacial score (nSPS) is 17.5. The predicted molar refractivity (Wildman–Crippen MR) is 69.9 cm³/mol. The lowest BCUT2D eigenvalue weighted by atomic mass is 10.1. The van der Waals surface area contributed by atoms with E-state index in [0.717, 1.165) is 24.6 Å². The highest BCUT2D eigenvalue weighted by molar-refractivity contribution is 5.22. The van der Waals surface area contributed by atoms with Gasteiger partial charge in [-0.25, -0.2) is 9.97 Å². The third kappa shape index (κ3) is 3.03. The second-order valence-corrected chi connectivity index (χ2v) is 5.91. The largest absolute Gasteiger partial charge is 0.311 e. The van der Waals surface area contributed by atoms with E-state index in [4.69, 9.17) is 4.98 Å². The Balaban J connectivity index is 2.05. The SMILES string of the molecule is Cc1cnc(C2(C)CC2)nc1CNCC(C)C. The second-order valence-electron chi connectivity index (χ2n) is 5.91. The third-order valence-corrected chi connectivity index (χ3v) is 3.46. The molecular formula is C14H23N3. The Labute approximate surface area is 104 Å². The van der Waals surface area contributed by atoms with E-state index in [1.807, 2.05) is 6.20 Å². The van der Waals surface area contributed by atoms with Crippen LogP contribution in [0.2, 0.25) is 0 Å². The van der Waals surface area contributed by atoms with Crippen LogP contribution in [0.5, 0.6) is 0 Å². The summed E-state index contributed by atoms with van der Waals surface area (Å²) >= 11 is 0. The molecule has 1 N–H and O–H groups in total. The Morgan fingerprint density at radius 1 is 1.41 bits per heavy atom. The van der Waals surface area contributed by atoms with Gasteiger partial charge in [-0.05, 0) is 37.8 Å². The maximum absolute atomic E-state index is 4.73. The Morgan fingerprint density at radius 3 is 2.71 bits per heavy atom. The number of hydrogen-bond donors (Lipinski definition) is 1. The smallest absolute Gasteiger partial charge is 0.134 e. The molecule has 1 saturated carbocycles. The molecule has 94 valence electrons. The molecule has 1 fully saturated rings. The van der Waals surface area contributed by atoms with Crippen LogP contribution in [0.4, 0.5) is 0 Å². The fourth-order valence-electron chi connectivity index (χ4n) is 1.84. The van der Waals surface area contributed by atoms with Crippen LogP contribution in [0.25, 0.3) is 0 Å². The van der Waals surface area contributed by atoms with Crippen molar-refractivity contribution in [3.8, 4) is 0 Å². The van der Waals surface area contributed by atoms with Gasteiger partial charge in [0.2, 0.25) is 0 Å². The number of aromatic nitrogens is 2. The van der Waals surface area contributed by atoms with Gasteiger partial charge in [-0.1, -0.05) is 20.8 Å². The average Bonchev–Trinajstić information content (AvgIpc) is 3.00. The predicted octanol–water partition coefficient (Wildman–Crippen LogP) is 2.58. The molecule has 0 amide bonds. The zero-order chi connectivity index (χ0) is 12.5. The van der Waals surface area contributed by atoms with Gasteiger partial charge in [-0.2, -0.15) is 0 Å². The van der Waals surface area contributed by atoms with E-state index in [0.29, 0.717) is 5.92 Å². The van der Waals surface area contributed by atoms with Crippen LogP contribution in [0.15, 0.2) is 6.20 Å². The van der Waals surface area contributed by atoms with Crippen LogP contribution in [-0.2, 0) is 12.0 Å². The van der Waals surface area contributed by atoms with Gasteiger partial charge >= 0.3 is 0 Å². The maximum Gasteiger partial charge on any atom is 0.134 e. The molecule has 0 aliphatic heterocycles. The van der Waals surface area contributed by atoms with Gasteiger partial charge in [-0.3, -0.25) is 0 Å². The van der Waals surface area contributed by atoms with Gasteiger partial charge in [0.15, 0.2) is 0 Å². The first-order valence-electron chi connectivity index (χ1n) is 6.55. The highest BCUT2D eigenvalue weighted by Crippen LogP contribution is 2.45. The molecule has 0 saturated heterocycles. The highest BCUT2D eigenvalue weighted by Gasteiger charge is 2.42. The van der Waals surface area contributed by atoms with E-state index in [1.165, 1.54) is 18.4 Å². The lowest BCUT2D eigenvalue weighted by Crippen LogP contribution is -2.21. The van der Waals surface area contributed by atoms with Crippen molar-refractivity contribution >= 4 is 0 Å². The molecule has 1 aromatic heterocycles. The summed E-state index contributed by atoms with van der Waals surface area (Å²) in [5.74, 6) is 1.71. The molecule has 1 aromatic rings. The summed E-state index contributed by atoms with van der Waals surface area (Å²) in [5.41, 5.74) is 2.61. The minimum atomic E-state index is 0.264. The molecule has 0 unspecified atom stereocenters. The fraction of sp³-hybridized carbons (Fsp3) is 0.714. The number of rotatable bonds is 5. The summed E-state index contributed by atoms with van der Waals surface area (Å²) in [6, 6.07) is 0. The maximum atomic E-state index is 4.73. The van der Waals surface area contributed by atoms with Gasteiger partial charge in [0, 0.05) is 18.2 Å². The molecule has 0 spiro atoms. The van der Waals surface area contributed by atoms with E-state index in [9.17, 15) is 0 Å². The molecule has 1 aliphatic rings. The summed E-state index contributed by atoms with van der Waals surface area (Å²) in [6.07, 6.45) is 4.43. The van der Waals surface area contributed by atoms with Crippen LogP contribution in [0, 0.1) is 12.8 Å². The topological polar surface area (TPSA) is 37.8 Å². The summed E-state index contributed by atoms with van der Waals surface area (Å²) < 4.78 is 0. The first kappa shape index (κ1) is 12.5. The zero-order valence-electron chi connectivity index (χ0n) is 11.4. The highest BCUT2D eigenvalue weighted by atomic mass is 15.0. The first-order valence-corrected chi connectivity index (χ1v) is 6.55. The van der Waals surface area contributed by atoms with Crippen LogP contribution in [0.3, 0.4) is 0 Å². The van der Waals surface area contributed by atoms with E-state index < -0.39 is 0 Å². The zero-order valence-corrected chi connectivity index (χ0v) is 11.4. The van der Waals surface area contributed by atoms with Crippen molar-refractivity contribution in [1.29, 1.82) is 0 Å². The van der Waals surface area contributed by atoms with E-state index in [-0.39, 0.29) is 5.41 Å². The standard InChI is InChI=1S/C14H23N3/c1-10(2)7-15-9-12-11(3)8-16-13(17-12)14(4)5-6-14/h8,10,15H,5-7,9H2,1-4H3. The Bertz CT molecular complexity index is 394. The molecule has 0 radical (unpaired) electrons. The molecule has 0 bridgehead atoms. The van der Waals surface area contributed by atoms with E-state index in [2.05, 4.69) is 38.0 Å². The summed E-state index contributed by atoms with van der Waals surface area (Å²) in [5, 5.41) is 3.45. The molecule has 17 heavy (non-hydrogen) atoms. The van der Waals surface area contributed by atoms with Crippen molar-refractivity contribution in [3.63, 3.8) is 0 Å². The van der Waals surface area contributed by atoms with Crippen molar-refractivity contribution in [3.05, 3.63) is 23.3 Å². The Morgan fingerprint density at radius 2 is 2.12 bits per heavy atom. The van der Waals surface area contributed by atoms with Gasteiger partial charge in [0.1, 0.15) is 5.82 Å². The van der Waals surface area contributed by atoms with Gasteiger partial charge in [-0.15, -0.1) is 0 Å². The van der Waals surface area contributed by atoms with Crippen LogP contribution >= 0.6 is 0 Å². The molecule has 3 nitrogen and oxygen atoms in total. The minimum Gasteiger partial charge on any atom is -0.311 e. The lowest BCUT2D eigenvalue weighted by Gasteiger charge is -2.12. The average molecular weight is 233 g/mol. The molecular weight excluding hydrogens is 210 g/mol.